The molecule has 84 valence electrons. The molecule has 2 unspecified atom stereocenters. The fraction of sp³-hybridized carbons (Fsp3) is 0.400. The molecule has 0 aliphatic heterocycles. The zero-order valence-electron chi connectivity index (χ0n) is 8.88. The van der Waals surface area contributed by atoms with Crippen LogP contribution in [-0.4, -0.2) is 14.9 Å². The summed E-state index contributed by atoms with van der Waals surface area (Å²) in [5, 5.41) is 16.1. The van der Waals surface area contributed by atoms with Crippen molar-refractivity contribution in [2.24, 2.45) is 5.92 Å². The van der Waals surface area contributed by atoms with Gasteiger partial charge in [0.25, 0.3) is 0 Å². The molecule has 0 aromatic heterocycles. The summed E-state index contributed by atoms with van der Waals surface area (Å²) >= 11 is 0. The summed E-state index contributed by atoms with van der Waals surface area (Å²) in [7, 11) is -4.50. The molecule has 2 atom stereocenters. The van der Waals surface area contributed by atoms with E-state index in [2.05, 4.69) is 0 Å². The van der Waals surface area contributed by atoms with E-state index in [9.17, 15) is 14.4 Å². The molecule has 1 rings (SSSR count). The summed E-state index contributed by atoms with van der Waals surface area (Å²) < 4.78 is 11.4. The Hall–Kier alpha value is -1.39. The van der Waals surface area contributed by atoms with Gasteiger partial charge in [0.05, 0.1) is 23.6 Å². The van der Waals surface area contributed by atoms with Gasteiger partial charge in [-0.2, -0.15) is 10.5 Å². The maximum Gasteiger partial charge on any atom is 0.336 e. The summed E-state index contributed by atoms with van der Waals surface area (Å²) in [5.74, 6) is -0.926. The molecule has 0 aromatic rings. The normalized spacial score (nSPS) is 29.8. The number of hydrogen-bond acceptors (Lipinski definition) is 3. The van der Waals surface area contributed by atoms with Gasteiger partial charge in [0, 0.05) is 0 Å². The Bertz CT molecular complexity index is 503. The van der Waals surface area contributed by atoms with E-state index < -0.39 is 18.7 Å². The molecule has 6 heteroatoms. The molecule has 0 bridgehead atoms. The van der Waals surface area contributed by atoms with Gasteiger partial charge >= 0.3 is 7.60 Å². The van der Waals surface area contributed by atoms with Crippen LogP contribution < -0.4 is 0 Å². The summed E-state index contributed by atoms with van der Waals surface area (Å²) in [6.45, 7) is 2.93. The largest absolute Gasteiger partial charge is 0.336 e. The van der Waals surface area contributed by atoms with Crippen molar-refractivity contribution in [3.8, 4) is 12.1 Å². The third kappa shape index (κ3) is 1.81. The van der Waals surface area contributed by atoms with E-state index in [1.54, 1.807) is 6.92 Å². The minimum absolute atomic E-state index is 0.206. The van der Waals surface area contributed by atoms with Crippen molar-refractivity contribution in [2.75, 3.05) is 0 Å². The molecule has 2 N–H and O–H groups in total. The van der Waals surface area contributed by atoms with Crippen LogP contribution in [0.25, 0.3) is 0 Å². The minimum Gasteiger partial charge on any atom is -0.324 e. The summed E-state index contributed by atoms with van der Waals surface area (Å²) in [6, 6.07) is 3.72. The number of nitriles is 2. The Morgan fingerprint density at radius 3 is 2.44 bits per heavy atom. The molecule has 0 heterocycles. The van der Waals surface area contributed by atoms with Crippen molar-refractivity contribution in [1.82, 2.24) is 0 Å². The van der Waals surface area contributed by atoms with E-state index in [-0.39, 0.29) is 5.57 Å². The van der Waals surface area contributed by atoms with E-state index >= 15 is 0 Å². The first-order valence-corrected chi connectivity index (χ1v) is 6.14. The van der Waals surface area contributed by atoms with Crippen molar-refractivity contribution in [3.05, 3.63) is 23.3 Å². The molecular formula is C10H11N2O3P. The topological polar surface area (TPSA) is 105 Å². The third-order valence-electron chi connectivity index (χ3n) is 2.79. The average Bonchev–Trinajstić information content (AvgIpc) is 2.19. The van der Waals surface area contributed by atoms with Crippen LogP contribution in [0.3, 0.4) is 0 Å². The van der Waals surface area contributed by atoms with E-state index in [4.69, 9.17) is 10.5 Å². The Kier molecular flexibility index (Phi) is 3.08. The molecule has 0 spiro atoms. The van der Waals surface area contributed by atoms with E-state index in [1.807, 2.05) is 12.1 Å². The minimum atomic E-state index is -4.50. The van der Waals surface area contributed by atoms with E-state index in [1.165, 1.54) is 19.1 Å². The van der Waals surface area contributed by atoms with Crippen LogP contribution in [-0.2, 0) is 4.57 Å². The van der Waals surface area contributed by atoms with Crippen LogP contribution in [0, 0.1) is 28.6 Å². The molecule has 0 amide bonds. The van der Waals surface area contributed by atoms with Crippen LogP contribution in [0.5, 0.6) is 0 Å². The zero-order chi connectivity index (χ0) is 12.6. The van der Waals surface area contributed by atoms with Gasteiger partial charge in [-0.05, 0) is 25.5 Å². The molecule has 0 aromatic carbocycles. The van der Waals surface area contributed by atoms with Crippen molar-refractivity contribution in [3.63, 3.8) is 0 Å². The standard InChI is InChI=1S/C10H11N2O3P/c1-7-3-9(6-12)10(2,16(13,14)15)4-8(7)5-11/h3-4,9H,1-2H3,(H2,13,14,15). The lowest BCUT2D eigenvalue weighted by atomic mass is 9.84. The Morgan fingerprint density at radius 1 is 1.50 bits per heavy atom. The van der Waals surface area contributed by atoms with Crippen molar-refractivity contribution < 1.29 is 14.4 Å². The Morgan fingerprint density at radius 2 is 2.06 bits per heavy atom. The lowest BCUT2D eigenvalue weighted by Crippen LogP contribution is -2.33. The average molecular weight is 238 g/mol. The summed E-state index contributed by atoms with van der Waals surface area (Å²) in [4.78, 5) is 18.6. The summed E-state index contributed by atoms with van der Waals surface area (Å²) in [6.07, 6.45) is 2.63. The van der Waals surface area contributed by atoms with Gasteiger partial charge in [0.15, 0.2) is 0 Å². The monoisotopic (exact) mass is 238 g/mol. The SMILES string of the molecule is CC1=CC(C#N)C(C)(P(=O)(O)O)C=C1C#N. The molecule has 1 aliphatic rings. The lowest BCUT2D eigenvalue weighted by Gasteiger charge is -2.33. The molecule has 0 radical (unpaired) electrons. The molecule has 5 nitrogen and oxygen atoms in total. The highest BCUT2D eigenvalue weighted by atomic mass is 31.2. The first kappa shape index (κ1) is 12.7. The Labute approximate surface area is 93.5 Å². The molecule has 0 fully saturated rings. The predicted octanol–water partition coefficient (Wildman–Crippen LogP) is 1.47. The van der Waals surface area contributed by atoms with E-state index in [0.717, 1.165) is 0 Å². The van der Waals surface area contributed by atoms with Gasteiger partial charge in [-0.1, -0.05) is 6.08 Å². The van der Waals surface area contributed by atoms with Crippen LogP contribution in [0.4, 0.5) is 0 Å². The van der Waals surface area contributed by atoms with E-state index in [0.29, 0.717) is 5.57 Å². The third-order valence-corrected chi connectivity index (χ3v) is 4.46. The number of allylic oxidation sites excluding steroid dienone is 4. The van der Waals surface area contributed by atoms with Gasteiger partial charge in [0.2, 0.25) is 0 Å². The van der Waals surface area contributed by atoms with Crippen molar-refractivity contribution in [1.29, 1.82) is 10.5 Å². The molecular weight excluding hydrogens is 227 g/mol. The second kappa shape index (κ2) is 3.88. The first-order chi connectivity index (χ1) is 7.26. The predicted molar refractivity (Wildman–Crippen MR) is 57.0 cm³/mol. The second-order valence-electron chi connectivity index (χ2n) is 3.90. The fourth-order valence-electron chi connectivity index (χ4n) is 1.56. The van der Waals surface area contributed by atoms with Gasteiger partial charge < -0.3 is 9.79 Å². The van der Waals surface area contributed by atoms with Gasteiger partial charge in [0.1, 0.15) is 5.16 Å². The molecule has 1 aliphatic carbocycles. The molecule has 0 saturated carbocycles. The molecule has 0 saturated heterocycles. The van der Waals surface area contributed by atoms with Crippen LogP contribution >= 0.6 is 7.60 Å². The smallest absolute Gasteiger partial charge is 0.324 e. The van der Waals surface area contributed by atoms with Crippen LogP contribution in [0.1, 0.15) is 13.8 Å². The van der Waals surface area contributed by atoms with Crippen LogP contribution in [0.15, 0.2) is 23.3 Å². The van der Waals surface area contributed by atoms with Gasteiger partial charge in [-0.25, -0.2) is 0 Å². The van der Waals surface area contributed by atoms with Crippen LogP contribution in [0.2, 0.25) is 0 Å². The lowest BCUT2D eigenvalue weighted by molar-refractivity contribution is 0.334. The maximum atomic E-state index is 11.4. The zero-order valence-corrected chi connectivity index (χ0v) is 9.77. The maximum absolute atomic E-state index is 11.4. The Balaban J connectivity index is 3.43. The number of hydrogen-bond donors (Lipinski definition) is 2. The summed E-state index contributed by atoms with van der Waals surface area (Å²) in [5.41, 5.74) is 0.775. The second-order valence-corrected chi connectivity index (χ2v) is 5.95. The van der Waals surface area contributed by atoms with Gasteiger partial charge in [-0.3, -0.25) is 4.57 Å². The molecule has 16 heavy (non-hydrogen) atoms. The highest BCUT2D eigenvalue weighted by molar-refractivity contribution is 7.53. The quantitative estimate of drug-likeness (QED) is 0.673. The number of rotatable bonds is 1. The fourth-order valence-corrected chi connectivity index (χ4v) is 2.35. The number of nitrogens with zero attached hydrogens (tertiary/aromatic N) is 2. The highest BCUT2D eigenvalue weighted by Gasteiger charge is 2.48. The van der Waals surface area contributed by atoms with Gasteiger partial charge in [-0.15, -0.1) is 0 Å². The highest BCUT2D eigenvalue weighted by Crippen LogP contribution is 2.57. The first-order valence-electron chi connectivity index (χ1n) is 4.53. The van der Waals surface area contributed by atoms with Crippen molar-refractivity contribution >= 4 is 7.60 Å². The van der Waals surface area contributed by atoms with Crippen molar-refractivity contribution in [2.45, 2.75) is 19.0 Å².